The van der Waals surface area contributed by atoms with E-state index >= 15 is 0 Å². The number of benzene rings is 2. The molecule has 0 heterocycles. The van der Waals surface area contributed by atoms with Gasteiger partial charge >= 0.3 is 6.03 Å². The Morgan fingerprint density at radius 3 is 1.96 bits per heavy atom. The molecule has 0 aliphatic rings. The zero-order valence-corrected chi connectivity index (χ0v) is 13.1. The van der Waals surface area contributed by atoms with E-state index in [1.54, 1.807) is 48.5 Å². The van der Waals surface area contributed by atoms with E-state index in [2.05, 4.69) is 16.0 Å². The molecule has 2 aromatic rings. The molecule has 0 aliphatic carbocycles. The molecule has 0 saturated heterocycles. The Balaban J connectivity index is 1.90. The SMILES string of the molecule is CC(=O)Nc1ccc(C(=O)NCc2ccc(NC(N)=O)cc2)cc1. The molecule has 0 atom stereocenters. The number of hydrogen-bond acceptors (Lipinski definition) is 3. The van der Waals surface area contributed by atoms with Crippen LogP contribution in [0.1, 0.15) is 22.8 Å². The molecule has 0 aliphatic heterocycles. The lowest BCUT2D eigenvalue weighted by molar-refractivity contribution is -0.114. The van der Waals surface area contributed by atoms with Crippen LogP contribution in [0.5, 0.6) is 0 Å². The number of rotatable bonds is 5. The molecule has 2 aromatic carbocycles. The van der Waals surface area contributed by atoms with Gasteiger partial charge in [0.05, 0.1) is 0 Å². The highest BCUT2D eigenvalue weighted by atomic mass is 16.2. The molecular weight excluding hydrogens is 308 g/mol. The van der Waals surface area contributed by atoms with Gasteiger partial charge in [0, 0.05) is 30.4 Å². The maximum atomic E-state index is 12.1. The fourth-order valence-electron chi connectivity index (χ4n) is 2.04. The van der Waals surface area contributed by atoms with Gasteiger partial charge in [0.25, 0.3) is 5.91 Å². The minimum absolute atomic E-state index is 0.165. The van der Waals surface area contributed by atoms with Crippen molar-refractivity contribution in [3.05, 3.63) is 59.7 Å². The maximum Gasteiger partial charge on any atom is 0.316 e. The Morgan fingerprint density at radius 1 is 0.875 bits per heavy atom. The minimum atomic E-state index is -0.626. The molecule has 2 rings (SSSR count). The van der Waals surface area contributed by atoms with Crippen LogP contribution in [0.3, 0.4) is 0 Å². The van der Waals surface area contributed by atoms with Gasteiger partial charge in [-0.25, -0.2) is 4.79 Å². The van der Waals surface area contributed by atoms with Crippen LogP contribution < -0.4 is 21.7 Å². The van der Waals surface area contributed by atoms with Crippen molar-refractivity contribution in [3.8, 4) is 0 Å². The molecule has 0 fully saturated rings. The second-order valence-corrected chi connectivity index (χ2v) is 5.13. The summed E-state index contributed by atoms with van der Waals surface area (Å²) in [5, 5.41) is 7.90. The van der Waals surface area contributed by atoms with Crippen LogP contribution in [0.4, 0.5) is 16.2 Å². The second kappa shape index (κ2) is 7.77. The van der Waals surface area contributed by atoms with Crippen molar-refractivity contribution < 1.29 is 14.4 Å². The molecule has 0 bridgehead atoms. The zero-order chi connectivity index (χ0) is 17.5. The predicted molar refractivity (Wildman–Crippen MR) is 91.6 cm³/mol. The molecule has 0 radical (unpaired) electrons. The number of anilines is 2. The van der Waals surface area contributed by atoms with Crippen molar-refractivity contribution in [2.45, 2.75) is 13.5 Å². The molecule has 0 aromatic heterocycles. The van der Waals surface area contributed by atoms with Gasteiger partial charge in [0.1, 0.15) is 0 Å². The van der Waals surface area contributed by atoms with Crippen molar-refractivity contribution in [2.24, 2.45) is 5.73 Å². The fraction of sp³-hybridized carbons (Fsp3) is 0.118. The van der Waals surface area contributed by atoms with Gasteiger partial charge in [-0.15, -0.1) is 0 Å². The van der Waals surface area contributed by atoms with E-state index in [9.17, 15) is 14.4 Å². The van der Waals surface area contributed by atoms with Crippen molar-refractivity contribution >= 4 is 29.2 Å². The van der Waals surface area contributed by atoms with Gasteiger partial charge in [0.15, 0.2) is 0 Å². The number of hydrogen-bond donors (Lipinski definition) is 4. The lowest BCUT2D eigenvalue weighted by Gasteiger charge is -2.08. The first-order valence-corrected chi connectivity index (χ1v) is 7.25. The van der Waals surface area contributed by atoms with E-state index in [4.69, 9.17) is 5.73 Å². The fourth-order valence-corrected chi connectivity index (χ4v) is 2.04. The average molecular weight is 326 g/mol. The molecule has 7 nitrogen and oxygen atoms in total. The van der Waals surface area contributed by atoms with Gasteiger partial charge in [-0.05, 0) is 42.0 Å². The number of urea groups is 1. The van der Waals surface area contributed by atoms with Crippen LogP contribution in [-0.2, 0) is 11.3 Å². The molecular formula is C17H18N4O3. The first-order chi connectivity index (χ1) is 11.4. The zero-order valence-electron chi connectivity index (χ0n) is 13.1. The highest BCUT2D eigenvalue weighted by molar-refractivity contribution is 5.95. The van der Waals surface area contributed by atoms with E-state index in [1.807, 2.05) is 0 Å². The third-order valence-electron chi connectivity index (χ3n) is 3.14. The van der Waals surface area contributed by atoms with Crippen LogP contribution in [0, 0.1) is 0 Å². The summed E-state index contributed by atoms with van der Waals surface area (Å²) in [4.78, 5) is 33.8. The standard InChI is InChI=1S/C17H18N4O3/c1-11(22)20-14-8-4-13(5-9-14)16(23)19-10-12-2-6-15(7-3-12)21-17(18)24/h2-9H,10H2,1H3,(H,19,23)(H,20,22)(H3,18,21,24). The topological polar surface area (TPSA) is 113 Å². The Bertz CT molecular complexity index is 739. The molecule has 24 heavy (non-hydrogen) atoms. The summed E-state index contributed by atoms with van der Waals surface area (Å²) in [6.07, 6.45) is 0. The Labute approximate surface area is 139 Å². The van der Waals surface area contributed by atoms with Gasteiger partial charge in [-0.3, -0.25) is 9.59 Å². The predicted octanol–water partition coefficient (Wildman–Crippen LogP) is 2.07. The van der Waals surface area contributed by atoms with Gasteiger partial charge < -0.3 is 21.7 Å². The van der Waals surface area contributed by atoms with E-state index in [1.165, 1.54) is 6.92 Å². The monoisotopic (exact) mass is 326 g/mol. The van der Waals surface area contributed by atoms with Gasteiger partial charge in [-0.1, -0.05) is 12.1 Å². The molecule has 5 N–H and O–H groups in total. The third-order valence-corrected chi connectivity index (χ3v) is 3.14. The highest BCUT2D eigenvalue weighted by Crippen LogP contribution is 2.11. The lowest BCUT2D eigenvalue weighted by Crippen LogP contribution is -2.23. The first-order valence-electron chi connectivity index (χ1n) is 7.25. The summed E-state index contributed by atoms with van der Waals surface area (Å²) in [5.41, 5.74) is 7.64. The maximum absolute atomic E-state index is 12.1. The first kappa shape index (κ1) is 17.0. The number of primary amides is 1. The summed E-state index contributed by atoms with van der Waals surface area (Å²) >= 11 is 0. The van der Waals surface area contributed by atoms with Crippen LogP contribution in [0.25, 0.3) is 0 Å². The molecule has 4 amide bonds. The molecule has 7 heteroatoms. The quantitative estimate of drug-likeness (QED) is 0.674. The summed E-state index contributed by atoms with van der Waals surface area (Å²) in [6, 6.07) is 13.0. The number of nitrogens with two attached hydrogens (primary N) is 1. The molecule has 0 unspecified atom stereocenters. The third kappa shape index (κ3) is 5.13. The molecule has 0 saturated carbocycles. The van der Waals surface area contributed by atoms with E-state index < -0.39 is 6.03 Å². The van der Waals surface area contributed by atoms with Crippen molar-refractivity contribution in [2.75, 3.05) is 10.6 Å². The van der Waals surface area contributed by atoms with Crippen molar-refractivity contribution in [3.63, 3.8) is 0 Å². The Kier molecular flexibility index (Phi) is 5.51. The Hall–Kier alpha value is -3.35. The molecule has 124 valence electrons. The minimum Gasteiger partial charge on any atom is -0.351 e. The van der Waals surface area contributed by atoms with Gasteiger partial charge in [0.2, 0.25) is 5.91 Å². The van der Waals surface area contributed by atoms with Crippen LogP contribution in [0.2, 0.25) is 0 Å². The Morgan fingerprint density at radius 2 is 1.42 bits per heavy atom. The molecule has 0 spiro atoms. The van der Waals surface area contributed by atoms with Crippen molar-refractivity contribution in [1.29, 1.82) is 0 Å². The second-order valence-electron chi connectivity index (χ2n) is 5.13. The van der Waals surface area contributed by atoms with Crippen LogP contribution in [0.15, 0.2) is 48.5 Å². The van der Waals surface area contributed by atoms with Gasteiger partial charge in [-0.2, -0.15) is 0 Å². The van der Waals surface area contributed by atoms with E-state index in [0.29, 0.717) is 23.5 Å². The normalized spacial score (nSPS) is 9.88. The summed E-state index contributed by atoms with van der Waals surface area (Å²) < 4.78 is 0. The highest BCUT2D eigenvalue weighted by Gasteiger charge is 2.06. The number of nitrogens with one attached hydrogen (secondary N) is 3. The number of carbonyl (C=O) groups excluding carboxylic acids is 3. The van der Waals surface area contributed by atoms with E-state index in [-0.39, 0.29) is 11.8 Å². The lowest BCUT2D eigenvalue weighted by atomic mass is 10.1. The van der Waals surface area contributed by atoms with Crippen LogP contribution in [-0.4, -0.2) is 17.8 Å². The number of amides is 4. The smallest absolute Gasteiger partial charge is 0.316 e. The van der Waals surface area contributed by atoms with E-state index in [0.717, 1.165) is 5.56 Å². The van der Waals surface area contributed by atoms with Crippen molar-refractivity contribution in [1.82, 2.24) is 5.32 Å². The van der Waals surface area contributed by atoms with Crippen LogP contribution >= 0.6 is 0 Å². The summed E-state index contributed by atoms with van der Waals surface area (Å²) in [7, 11) is 0. The summed E-state index contributed by atoms with van der Waals surface area (Å²) in [6.45, 7) is 1.77. The largest absolute Gasteiger partial charge is 0.351 e. The number of carbonyl (C=O) groups is 3. The summed E-state index contributed by atoms with van der Waals surface area (Å²) in [5.74, 6) is -0.384. The average Bonchev–Trinajstić information content (AvgIpc) is 2.53.